The fraction of sp³-hybridized carbons (Fsp3) is 0.538. The van der Waals surface area contributed by atoms with Crippen molar-refractivity contribution in [1.82, 2.24) is 10.3 Å². The number of nitrogens with one attached hydrogen (secondary N) is 1. The lowest BCUT2D eigenvalue weighted by atomic mass is 9.97. The predicted octanol–water partition coefficient (Wildman–Crippen LogP) is 1.22. The van der Waals surface area contributed by atoms with Gasteiger partial charge in [-0.3, -0.25) is 9.78 Å². The molecule has 0 saturated heterocycles. The third-order valence-corrected chi connectivity index (χ3v) is 3.50. The van der Waals surface area contributed by atoms with Gasteiger partial charge >= 0.3 is 0 Å². The molecule has 2 rings (SSSR count). The summed E-state index contributed by atoms with van der Waals surface area (Å²) in [4.78, 5) is 15.7. The first kappa shape index (κ1) is 12.0. The Morgan fingerprint density at radius 1 is 1.47 bits per heavy atom. The Hall–Kier alpha value is -1.42. The molecule has 0 radical (unpaired) electrons. The molecule has 0 aliphatic heterocycles. The number of hydrogen-bond acceptors (Lipinski definition) is 3. The van der Waals surface area contributed by atoms with Crippen LogP contribution < -0.4 is 5.32 Å². The summed E-state index contributed by atoms with van der Waals surface area (Å²) in [6, 6.07) is 3.50. The maximum absolute atomic E-state index is 11.8. The van der Waals surface area contributed by atoms with E-state index in [0.29, 0.717) is 23.9 Å². The highest BCUT2D eigenvalue weighted by molar-refractivity contribution is 5.93. The molecule has 1 aliphatic rings. The van der Waals surface area contributed by atoms with Crippen LogP contribution in [0.1, 0.15) is 29.6 Å². The molecule has 1 aromatic rings. The average molecular weight is 234 g/mol. The van der Waals surface area contributed by atoms with Crippen LogP contribution in [0, 0.1) is 11.8 Å². The summed E-state index contributed by atoms with van der Waals surface area (Å²) in [6.45, 7) is 0.881. The molecule has 1 amide bonds. The van der Waals surface area contributed by atoms with E-state index in [-0.39, 0.29) is 12.5 Å². The van der Waals surface area contributed by atoms with Crippen LogP contribution >= 0.6 is 0 Å². The third kappa shape index (κ3) is 3.03. The number of carbonyl (C=O) groups is 1. The lowest BCUT2D eigenvalue weighted by Crippen LogP contribution is -2.31. The van der Waals surface area contributed by atoms with Crippen LogP contribution in [0.2, 0.25) is 0 Å². The molecule has 17 heavy (non-hydrogen) atoms. The second-order valence-corrected chi connectivity index (χ2v) is 4.59. The van der Waals surface area contributed by atoms with Crippen molar-refractivity contribution >= 4 is 5.91 Å². The summed E-state index contributed by atoms with van der Waals surface area (Å²) in [6.07, 6.45) is 6.53. The second-order valence-electron chi connectivity index (χ2n) is 4.59. The minimum atomic E-state index is -0.0818. The number of aliphatic hydroxyl groups is 1. The molecule has 92 valence electrons. The van der Waals surface area contributed by atoms with Gasteiger partial charge in [-0.1, -0.05) is 6.42 Å². The molecule has 2 unspecified atom stereocenters. The quantitative estimate of drug-likeness (QED) is 0.823. The van der Waals surface area contributed by atoms with Gasteiger partial charge in [-0.05, 0) is 36.8 Å². The number of pyridine rings is 1. The zero-order valence-corrected chi connectivity index (χ0v) is 9.80. The Kier molecular flexibility index (Phi) is 4.09. The number of nitrogens with zero attached hydrogens (tertiary/aromatic N) is 1. The van der Waals surface area contributed by atoms with Gasteiger partial charge in [0.05, 0.1) is 5.56 Å². The second kappa shape index (κ2) is 5.77. The van der Waals surface area contributed by atoms with Crippen LogP contribution in [-0.4, -0.2) is 29.1 Å². The maximum atomic E-state index is 11.8. The van der Waals surface area contributed by atoms with Gasteiger partial charge in [0.25, 0.3) is 5.91 Å². The zero-order valence-electron chi connectivity index (χ0n) is 9.80. The molecule has 0 bridgehead atoms. The molecule has 1 fully saturated rings. The van der Waals surface area contributed by atoms with Crippen LogP contribution in [0.25, 0.3) is 0 Å². The predicted molar refractivity (Wildman–Crippen MR) is 64.5 cm³/mol. The van der Waals surface area contributed by atoms with Crippen LogP contribution in [0.15, 0.2) is 24.5 Å². The fourth-order valence-electron chi connectivity index (χ4n) is 2.45. The molecule has 1 saturated carbocycles. The Morgan fingerprint density at radius 3 is 3.00 bits per heavy atom. The lowest BCUT2D eigenvalue weighted by molar-refractivity contribution is 0.0937. The fourth-order valence-corrected chi connectivity index (χ4v) is 2.45. The molecule has 1 heterocycles. The molecular formula is C13H18N2O2. The topological polar surface area (TPSA) is 62.2 Å². The summed E-state index contributed by atoms with van der Waals surface area (Å²) in [5, 5.41) is 12.1. The Labute approximate surface area is 101 Å². The standard InChI is InChI=1S/C13H18N2O2/c16-9-12-4-1-3-10(12)8-15-13(17)11-5-2-6-14-7-11/h2,5-7,10,12,16H,1,3-4,8-9H2,(H,15,17). The minimum Gasteiger partial charge on any atom is -0.396 e. The van der Waals surface area contributed by atoms with Crippen molar-refractivity contribution in [2.24, 2.45) is 11.8 Å². The molecule has 1 aromatic heterocycles. The highest BCUT2D eigenvalue weighted by atomic mass is 16.3. The first-order valence-corrected chi connectivity index (χ1v) is 6.10. The molecular weight excluding hydrogens is 216 g/mol. The van der Waals surface area contributed by atoms with E-state index in [1.165, 1.54) is 0 Å². The number of aliphatic hydroxyl groups excluding tert-OH is 1. The van der Waals surface area contributed by atoms with Crippen LogP contribution in [0.5, 0.6) is 0 Å². The molecule has 1 aliphatic carbocycles. The van der Waals surface area contributed by atoms with E-state index in [1.807, 2.05) is 0 Å². The average Bonchev–Trinajstić information content (AvgIpc) is 2.84. The van der Waals surface area contributed by atoms with Gasteiger partial charge in [-0.2, -0.15) is 0 Å². The first-order chi connectivity index (χ1) is 8.31. The molecule has 2 atom stereocenters. The normalized spacial score (nSPS) is 23.6. The van der Waals surface area contributed by atoms with E-state index < -0.39 is 0 Å². The van der Waals surface area contributed by atoms with Crippen molar-refractivity contribution in [2.45, 2.75) is 19.3 Å². The largest absolute Gasteiger partial charge is 0.396 e. The van der Waals surface area contributed by atoms with Crippen molar-refractivity contribution in [3.8, 4) is 0 Å². The molecule has 4 heteroatoms. The van der Waals surface area contributed by atoms with E-state index in [9.17, 15) is 9.90 Å². The van der Waals surface area contributed by atoms with Crippen molar-refractivity contribution in [3.05, 3.63) is 30.1 Å². The summed E-state index contributed by atoms with van der Waals surface area (Å²) in [5.41, 5.74) is 0.589. The Balaban J connectivity index is 1.84. The SMILES string of the molecule is O=C(NCC1CCCC1CO)c1cccnc1. The Morgan fingerprint density at radius 2 is 2.29 bits per heavy atom. The van der Waals surface area contributed by atoms with Crippen molar-refractivity contribution in [2.75, 3.05) is 13.2 Å². The van der Waals surface area contributed by atoms with E-state index in [0.717, 1.165) is 19.3 Å². The lowest BCUT2D eigenvalue weighted by Gasteiger charge is -2.17. The molecule has 0 spiro atoms. The van der Waals surface area contributed by atoms with E-state index in [1.54, 1.807) is 24.5 Å². The summed E-state index contributed by atoms with van der Waals surface area (Å²) >= 11 is 0. The highest BCUT2D eigenvalue weighted by Crippen LogP contribution is 2.30. The van der Waals surface area contributed by atoms with Crippen molar-refractivity contribution in [3.63, 3.8) is 0 Å². The van der Waals surface area contributed by atoms with Crippen LogP contribution in [-0.2, 0) is 0 Å². The van der Waals surface area contributed by atoms with Gasteiger partial charge in [0.2, 0.25) is 0 Å². The van der Waals surface area contributed by atoms with E-state index in [4.69, 9.17) is 0 Å². The number of hydrogen-bond donors (Lipinski definition) is 2. The number of aromatic nitrogens is 1. The van der Waals surface area contributed by atoms with Crippen LogP contribution in [0.3, 0.4) is 0 Å². The first-order valence-electron chi connectivity index (χ1n) is 6.10. The maximum Gasteiger partial charge on any atom is 0.252 e. The van der Waals surface area contributed by atoms with Gasteiger partial charge in [0, 0.05) is 25.5 Å². The summed E-state index contributed by atoms with van der Waals surface area (Å²) in [5.74, 6) is 0.687. The van der Waals surface area contributed by atoms with Crippen molar-refractivity contribution in [1.29, 1.82) is 0 Å². The van der Waals surface area contributed by atoms with Crippen LogP contribution in [0.4, 0.5) is 0 Å². The van der Waals surface area contributed by atoms with E-state index >= 15 is 0 Å². The van der Waals surface area contributed by atoms with Gasteiger partial charge in [0.15, 0.2) is 0 Å². The monoisotopic (exact) mass is 234 g/mol. The molecule has 4 nitrogen and oxygen atoms in total. The summed E-state index contributed by atoms with van der Waals surface area (Å²) < 4.78 is 0. The smallest absolute Gasteiger partial charge is 0.252 e. The molecule has 2 N–H and O–H groups in total. The van der Waals surface area contributed by atoms with Gasteiger partial charge in [0.1, 0.15) is 0 Å². The zero-order chi connectivity index (χ0) is 12.1. The minimum absolute atomic E-state index is 0.0818. The van der Waals surface area contributed by atoms with Crippen molar-refractivity contribution < 1.29 is 9.90 Å². The molecule has 0 aromatic carbocycles. The third-order valence-electron chi connectivity index (χ3n) is 3.50. The number of amides is 1. The van der Waals surface area contributed by atoms with E-state index in [2.05, 4.69) is 10.3 Å². The van der Waals surface area contributed by atoms with Gasteiger partial charge in [-0.15, -0.1) is 0 Å². The van der Waals surface area contributed by atoms with Gasteiger partial charge in [-0.25, -0.2) is 0 Å². The Bertz CT molecular complexity index is 367. The number of carbonyl (C=O) groups excluding carboxylic acids is 1. The summed E-state index contributed by atoms with van der Waals surface area (Å²) in [7, 11) is 0. The number of rotatable bonds is 4. The highest BCUT2D eigenvalue weighted by Gasteiger charge is 2.26. The van der Waals surface area contributed by atoms with Gasteiger partial charge < -0.3 is 10.4 Å².